The number of aromatic nitrogens is 4. The van der Waals surface area contributed by atoms with Gasteiger partial charge in [-0.3, -0.25) is 0 Å². The van der Waals surface area contributed by atoms with Gasteiger partial charge in [-0.15, -0.1) is 0 Å². The first-order valence-corrected chi connectivity index (χ1v) is 12.7. The van der Waals surface area contributed by atoms with Crippen molar-refractivity contribution in [3.05, 3.63) is 63.7 Å². The first kappa shape index (κ1) is 30.6. The fraction of sp³-hybridized carbons (Fsp3) is 0.586. The average molecular weight is 503 g/mol. The third-order valence-electron chi connectivity index (χ3n) is 6.45. The topological polar surface area (TPSA) is 67.9 Å². The maximum atomic E-state index is 13.8. The summed E-state index contributed by atoms with van der Waals surface area (Å²) in [6.45, 7) is 22.9. The van der Waals surface area contributed by atoms with E-state index in [-0.39, 0.29) is 46.1 Å². The zero-order chi connectivity index (χ0) is 26.1. The minimum atomic E-state index is -0.428. The van der Waals surface area contributed by atoms with Crippen LogP contribution in [-0.2, 0) is 15.6 Å². The number of hydrogen-bond acceptors (Lipinski definition) is 4. The van der Waals surface area contributed by atoms with Crippen molar-refractivity contribution in [1.29, 1.82) is 0 Å². The van der Waals surface area contributed by atoms with Crippen LogP contribution in [-0.4, -0.2) is 32.8 Å². The molecule has 0 atom stereocenters. The quantitative estimate of drug-likeness (QED) is 0.517. The number of benzene rings is 1. The molecule has 1 fully saturated rings. The Labute approximate surface area is 239 Å². The van der Waals surface area contributed by atoms with Crippen molar-refractivity contribution in [3.63, 3.8) is 0 Å². The van der Waals surface area contributed by atoms with Crippen LogP contribution in [0, 0.1) is 27.7 Å². The molecule has 0 bridgehead atoms. The summed E-state index contributed by atoms with van der Waals surface area (Å²) in [6, 6.07) is 8.24. The van der Waals surface area contributed by atoms with E-state index >= 15 is 0 Å². The van der Waals surface area contributed by atoms with Crippen LogP contribution in [0.15, 0.2) is 24.3 Å². The van der Waals surface area contributed by atoms with Gasteiger partial charge in [-0.05, 0) is 80.2 Å². The van der Waals surface area contributed by atoms with Gasteiger partial charge in [0.1, 0.15) is 0 Å². The smallest absolute Gasteiger partial charge is 0.872 e. The van der Waals surface area contributed by atoms with Crippen molar-refractivity contribution < 1.29 is 39.4 Å². The van der Waals surface area contributed by atoms with Gasteiger partial charge in [-0.1, -0.05) is 59.4 Å². The monoisotopic (exact) mass is 502 g/mol. The summed E-state index contributed by atoms with van der Waals surface area (Å²) in [5, 5.41) is 23.3. The molecule has 7 heteroatoms. The molecular weight excluding hydrogens is 459 g/mol. The molecule has 0 aliphatic carbocycles. The Hall–Kier alpha value is -1.60. The second-order valence-electron chi connectivity index (χ2n) is 11.9. The zero-order valence-electron chi connectivity index (χ0n) is 24.3. The van der Waals surface area contributed by atoms with E-state index in [1.54, 1.807) is 0 Å². The standard InChI is InChI=1S/C25H36N4O.C4H8O.Na/c1-15-11-17(3)28(26-15)23(29-18(4)12-16(2)27-29)20-13-19(24(5,6)7)14-21(22(20)30)25(8,9)10;1-2-4-5-3-1;/h11-14,23,30H,1-10H3;1-4H2;/q;;+1/p-1. The minimum absolute atomic E-state index is 0. The third-order valence-corrected chi connectivity index (χ3v) is 6.45. The molecule has 1 saturated heterocycles. The zero-order valence-corrected chi connectivity index (χ0v) is 26.3. The summed E-state index contributed by atoms with van der Waals surface area (Å²) in [4.78, 5) is 0. The molecule has 36 heavy (non-hydrogen) atoms. The van der Waals surface area contributed by atoms with Gasteiger partial charge in [-0.2, -0.15) is 10.2 Å². The molecule has 0 amide bonds. The number of nitrogens with zero attached hydrogens (tertiary/aromatic N) is 4. The van der Waals surface area contributed by atoms with Crippen LogP contribution in [0.25, 0.3) is 0 Å². The summed E-state index contributed by atoms with van der Waals surface area (Å²) in [5.74, 6) is 0.0700. The molecule has 2 aromatic heterocycles. The summed E-state index contributed by atoms with van der Waals surface area (Å²) in [5.41, 5.74) is 6.20. The van der Waals surface area contributed by atoms with E-state index in [9.17, 15) is 5.11 Å². The van der Waals surface area contributed by atoms with Gasteiger partial charge in [0.05, 0.1) is 11.4 Å². The fourth-order valence-corrected chi connectivity index (χ4v) is 4.50. The molecule has 0 spiro atoms. The third kappa shape index (κ3) is 7.03. The van der Waals surface area contributed by atoms with Crippen molar-refractivity contribution in [2.24, 2.45) is 0 Å². The summed E-state index contributed by atoms with van der Waals surface area (Å²) in [7, 11) is 0. The number of rotatable bonds is 3. The molecule has 0 saturated carbocycles. The van der Waals surface area contributed by atoms with Gasteiger partial charge in [0.15, 0.2) is 6.17 Å². The van der Waals surface area contributed by atoms with Crippen molar-refractivity contribution in [3.8, 4) is 5.75 Å². The Kier molecular flexibility index (Phi) is 10.1. The Morgan fingerprint density at radius 3 is 1.56 bits per heavy atom. The molecule has 6 nitrogen and oxygen atoms in total. The van der Waals surface area contributed by atoms with E-state index in [0.29, 0.717) is 5.56 Å². The van der Waals surface area contributed by atoms with E-state index in [1.165, 1.54) is 12.8 Å². The van der Waals surface area contributed by atoms with Crippen LogP contribution in [0.2, 0.25) is 0 Å². The average Bonchev–Trinajstić information content (AvgIpc) is 3.46. The first-order chi connectivity index (χ1) is 16.2. The van der Waals surface area contributed by atoms with Crippen molar-refractivity contribution in [2.75, 3.05) is 13.2 Å². The molecule has 0 unspecified atom stereocenters. The van der Waals surface area contributed by atoms with Crippen molar-refractivity contribution in [2.45, 2.75) is 99.1 Å². The van der Waals surface area contributed by atoms with Crippen molar-refractivity contribution in [1.82, 2.24) is 19.6 Å². The van der Waals surface area contributed by atoms with Gasteiger partial charge in [0.2, 0.25) is 0 Å². The van der Waals surface area contributed by atoms with Gasteiger partial charge < -0.3 is 9.84 Å². The van der Waals surface area contributed by atoms with Crippen LogP contribution >= 0.6 is 0 Å². The van der Waals surface area contributed by atoms with Gasteiger partial charge in [0, 0.05) is 24.6 Å². The van der Waals surface area contributed by atoms with Gasteiger partial charge in [0.25, 0.3) is 0 Å². The van der Waals surface area contributed by atoms with Crippen LogP contribution < -0.4 is 34.7 Å². The van der Waals surface area contributed by atoms with E-state index < -0.39 is 6.17 Å². The maximum absolute atomic E-state index is 13.8. The molecule has 1 aliphatic heterocycles. The molecule has 3 heterocycles. The molecular formula is C29H43N4NaO2. The summed E-state index contributed by atoms with van der Waals surface area (Å²) in [6.07, 6.45) is 2.13. The maximum Gasteiger partial charge on any atom is 1.00 e. The predicted octanol–water partition coefficient (Wildman–Crippen LogP) is 2.88. The largest absolute Gasteiger partial charge is 1.00 e. The molecule has 192 valence electrons. The van der Waals surface area contributed by atoms with E-state index in [0.717, 1.165) is 47.1 Å². The predicted molar refractivity (Wildman–Crippen MR) is 140 cm³/mol. The second kappa shape index (κ2) is 11.8. The van der Waals surface area contributed by atoms with Crippen LogP contribution in [0.4, 0.5) is 0 Å². The normalized spacial score (nSPS) is 14.0. The Bertz CT molecular complexity index is 1110. The fourth-order valence-electron chi connectivity index (χ4n) is 4.50. The summed E-state index contributed by atoms with van der Waals surface area (Å²) >= 11 is 0. The Balaban J connectivity index is 0.000000678. The molecule has 0 radical (unpaired) electrons. The van der Waals surface area contributed by atoms with Crippen LogP contribution in [0.1, 0.15) is 100 Å². The van der Waals surface area contributed by atoms with E-state index in [1.807, 2.05) is 49.2 Å². The molecule has 4 rings (SSSR count). The molecule has 1 aliphatic rings. The number of ether oxygens (including phenoxy) is 1. The first-order valence-electron chi connectivity index (χ1n) is 12.7. The van der Waals surface area contributed by atoms with Crippen LogP contribution in [0.3, 0.4) is 0 Å². The molecule has 1 aromatic carbocycles. The Morgan fingerprint density at radius 1 is 0.778 bits per heavy atom. The Morgan fingerprint density at radius 2 is 1.25 bits per heavy atom. The second-order valence-corrected chi connectivity index (χ2v) is 11.9. The number of aryl methyl sites for hydroxylation is 4. The molecule has 3 aromatic rings. The number of hydrogen-bond donors (Lipinski definition) is 0. The van der Waals surface area contributed by atoms with Gasteiger partial charge >= 0.3 is 29.6 Å². The van der Waals surface area contributed by atoms with Crippen molar-refractivity contribution >= 4 is 0 Å². The van der Waals surface area contributed by atoms with Crippen LogP contribution in [0.5, 0.6) is 5.75 Å². The summed E-state index contributed by atoms with van der Waals surface area (Å²) < 4.78 is 8.81. The molecule has 0 N–H and O–H groups in total. The van der Waals surface area contributed by atoms with E-state index in [2.05, 4.69) is 53.7 Å². The van der Waals surface area contributed by atoms with Gasteiger partial charge in [-0.25, -0.2) is 9.36 Å². The minimum Gasteiger partial charge on any atom is -0.872 e. The SMILES string of the molecule is C1CCOC1.Cc1cc(C)n(C(c2cc(C(C)(C)C)cc(C(C)(C)C)c2[O-])n2nc(C)cc2C)n1.[Na+]. The van der Waals surface area contributed by atoms with E-state index in [4.69, 9.17) is 14.9 Å².